The van der Waals surface area contributed by atoms with E-state index in [9.17, 15) is 8.78 Å². The Morgan fingerprint density at radius 3 is 2.81 bits per heavy atom. The monoisotopic (exact) mass is 428 g/mol. The molecule has 0 saturated carbocycles. The van der Waals surface area contributed by atoms with Crippen molar-refractivity contribution in [3.8, 4) is 11.8 Å². The number of aromatic nitrogens is 4. The first kappa shape index (κ1) is 19.9. The minimum absolute atomic E-state index is 0.0210. The second kappa shape index (κ2) is 7.57. The maximum Gasteiger partial charge on any atom is 0.270 e. The summed E-state index contributed by atoms with van der Waals surface area (Å²) in [5.74, 6) is 3.35. The molecule has 5 nitrogen and oxygen atoms in total. The highest BCUT2D eigenvalue weighted by atomic mass is 19.3. The topological polar surface area (TPSA) is 67.6 Å². The van der Waals surface area contributed by atoms with E-state index in [-0.39, 0.29) is 5.56 Å². The molecule has 0 aliphatic heterocycles. The van der Waals surface area contributed by atoms with Crippen molar-refractivity contribution < 1.29 is 13.3 Å². The predicted molar refractivity (Wildman–Crippen MR) is 117 cm³/mol. The van der Waals surface area contributed by atoms with Crippen LogP contribution in [-0.2, 0) is 12.3 Å². The Labute approximate surface area is 182 Å². The molecule has 1 N–H and O–H groups in total. The molecule has 5 rings (SSSR count). The van der Waals surface area contributed by atoms with Crippen molar-refractivity contribution in [2.24, 2.45) is 0 Å². The molecule has 0 unspecified atom stereocenters. The van der Waals surface area contributed by atoms with Crippen molar-refractivity contribution >= 4 is 21.9 Å². The number of aromatic amines is 1. The molecule has 0 saturated heterocycles. The molecule has 0 aliphatic carbocycles. The van der Waals surface area contributed by atoms with Crippen molar-refractivity contribution in [3.63, 3.8) is 0 Å². The second-order valence-electron chi connectivity index (χ2n) is 7.81. The fourth-order valence-electron chi connectivity index (χ4n) is 3.62. The first-order chi connectivity index (χ1) is 15.4. The molecule has 3 aromatic heterocycles. The molecule has 2 aromatic carbocycles. The summed E-state index contributed by atoms with van der Waals surface area (Å²) in [7, 11) is 0. The lowest BCUT2D eigenvalue weighted by Crippen LogP contribution is -2.07. The van der Waals surface area contributed by atoms with E-state index in [0.717, 1.165) is 39.9 Å². The van der Waals surface area contributed by atoms with Gasteiger partial charge in [0.05, 0.1) is 29.2 Å². The van der Waals surface area contributed by atoms with Gasteiger partial charge in [0.1, 0.15) is 5.69 Å². The zero-order valence-electron chi connectivity index (χ0n) is 17.4. The maximum atomic E-state index is 13.7. The van der Waals surface area contributed by atoms with Crippen LogP contribution < -0.4 is 0 Å². The highest BCUT2D eigenvalue weighted by molar-refractivity contribution is 5.86. The number of benzene rings is 2. The van der Waals surface area contributed by atoms with Gasteiger partial charge in [-0.1, -0.05) is 35.3 Å². The van der Waals surface area contributed by atoms with Gasteiger partial charge in [-0.15, -0.1) is 0 Å². The van der Waals surface area contributed by atoms with Gasteiger partial charge in [0.2, 0.25) is 0 Å². The maximum absolute atomic E-state index is 13.7. The molecule has 158 valence electrons. The van der Waals surface area contributed by atoms with E-state index in [1.54, 1.807) is 18.5 Å². The van der Waals surface area contributed by atoms with Crippen molar-refractivity contribution in [1.29, 1.82) is 0 Å². The van der Waals surface area contributed by atoms with E-state index in [1.165, 1.54) is 12.1 Å². The van der Waals surface area contributed by atoms with Gasteiger partial charge >= 0.3 is 0 Å². The minimum Gasteiger partial charge on any atom is -0.355 e. The molecule has 0 aliphatic rings. The standard InChI is InChI=1S/C25H18F2N4O/c1-15-6-8-21-22(11-16-4-3-5-18(10-16)25(2,26)27)31-32-24(21)20(15)9-7-19-12-17-13-29-30-23(17)14-28-19/h3-6,8,10,12-14H,11H2,1-2H3,(H,29,30). The lowest BCUT2D eigenvalue weighted by atomic mass is 10.00. The van der Waals surface area contributed by atoms with Crippen molar-refractivity contribution in [3.05, 3.63) is 88.5 Å². The Bertz CT molecular complexity index is 1520. The van der Waals surface area contributed by atoms with Crippen LogP contribution in [0.4, 0.5) is 8.78 Å². The number of nitrogens with zero attached hydrogens (tertiary/aromatic N) is 3. The van der Waals surface area contributed by atoms with Gasteiger partial charge in [-0.05, 0) is 42.2 Å². The van der Waals surface area contributed by atoms with Gasteiger partial charge < -0.3 is 4.52 Å². The van der Waals surface area contributed by atoms with Crippen molar-refractivity contribution in [1.82, 2.24) is 20.3 Å². The Balaban J connectivity index is 1.51. The van der Waals surface area contributed by atoms with Crippen LogP contribution in [0.5, 0.6) is 0 Å². The van der Waals surface area contributed by atoms with E-state index >= 15 is 0 Å². The van der Waals surface area contributed by atoms with Gasteiger partial charge in [0.15, 0.2) is 5.58 Å². The molecule has 7 heteroatoms. The van der Waals surface area contributed by atoms with Crippen LogP contribution in [0.3, 0.4) is 0 Å². The van der Waals surface area contributed by atoms with Gasteiger partial charge in [0.25, 0.3) is 5.92 Å². The van der Waals surface area contributed by atoms with Gasteiger partial charge in [-0.2, -0.15) is 5.10 Å². The number of nitrogens with one attached hydrogen (secondary N) is 1. The van der Waals surface area contributed by atoms with Crippen LogP contribution in [0, 0.1) is 18.8 Å². The molecule has 0 fully saturated rings. The summed E-state index contributed by atoms with van der Waals surface area (Å²) in [6, 6.07) is 12.1. The first-order valence-corrected chi connectivity index (χ1v) is 10.0. The average Bonchev–Trinajstić information content (AvgIpc) is 3.39. The third-order valence-corrected chi connectivity index (χ3v) is 5.37. The Morgan fingerprint density at radius 1 is 1.09 bits per heavy atom. The van der Waals surface area contributed by atoms with Gasteiger partial charge in [0, 0.05) is 29.7 Å². The second-order valence-corrected chi connectivity index (χ2v) is 7.81. The number of fused-ring (bicyclic) bond motifs is 2. The molecule has 5 aromatic rings. The van der Waals surface area contributed by atoms with E-state index in [2.05, 4.69) is 32.2 Å². The Morgan fingerprint density at radius 2 is 1.97 bits per heavy atom. The van der Waals surface area contributed by atoms with E-state index in [0.29, 0.717) is 23.4 Å². The number of hydrogen-bond acceptors (Lipinski definition) is 4. The summed E-state index contributed by atoms with van der Waals surface area (Å²) >= 11 is 0. The molecule has 0 spiro atoms. The zero-order valence-corrected chi connectivity index (χ0v) is 17.4. The van der Waals surface area contributed by atoms with Crippen molar-refractivity contribution in [2.45, 2.75) is 26.2 Å². The fraction of sp³-hybridized carbons (Fsp3) is 0.160. The summed E-state index contributed by atoms with van der Waals surface area (Å²) in [4.78, 5) is 4.34. The fourth-order valence-corrected chi connectivity index (χ4v) is 3.62. The summed E-state index contributed by atoms with van der Waals surface area (Å²) in [5.41, 5.74) is 5.11. The van der Waals surface area contributed by atoms with Crippen LogP contribution in [0.15, 0.2) is 59.4 Å². The van der Waals surface area contributed by atoms with E-state index in [1.807, 2.05) is 31.2 Å². The van der Waals surface area contributed by atoms with Crippen LogP contribution >= 0.6 is 0 Å². The summed E-state index contributed by atoms with van der Waals surface area (Å²) in [5, 5.41) is 12.8. The van der Waals surface area contributed by atoms with E-state index in [4.69, 9.17) is 4.52 Å². The minimum atomic E-state index is -2.89. The number of aryl methyl sites for hydroxylation is 1. The van der Waals surface area contributed by atoms with Crippen LogP contribution in [0.1, 0.15) is 40.6 Å². The van der Waals surface area contributed by atoms with Crippen LogP contribution in [0.2, 0.25) is 0 Å². The highest BCUT2D eigenvalue weighted by Gasteiger charge is 2.24. The number of H-pyrrole nitrogens is 1. The molecule has 32 heavy (non-hydrogen) atoms. The first-order valence-electron chi connectivity index (χ1n) is 10.0. The van der Waals surface area contributed by atoms with Crippen LogP contribution in [-0.4, -0.2) is 20.3 Å². The molecule has 0 amide bonds. The van der Waals surface area contributed by atoms with Crippen LogP contribution in [0.25, 0.3) is 21.9 Å². The highest BCUT2D eigenvalue weighted by Crippen LogP contribution is 2.30. The molecular weight excluding hydrogens is 410 g/mol. The van der Waals surface area contributed by atoms with Crippen molar-refractivity contribution in [2.75, 3.05) is 0 Å². The molecular formula is C25H18F2N4O. The molecule has 0 radical (unpaired) electrons. The largest absolute Gasteiger partial charge is 0.355 e. The number of alkyl halides is 2. The third-order valence-electron chi connectivity index (χ3n) is 5.37. The lowest BCUT2D eigenvalue weighted by Gasteiger charge is -2.11. The zero-order chi connectivity index (χ0) is 22.3. The molecule has 0 bridgehead atoms. The predicted octanol–water partition coefficient (Wildman–Crippen LogP) is 5.51. The van der Waals surface area contributed by atoms with Gasteiger partial charge in [-0.3, -0.25) is 5.10 Å². The SMILES string of the molecule is Cc1ccc2c(Cc3cccc(C(C)(F)F)c3)noc2c1C#Cc1cc2cn[nH]c2cn1. The summed E-state index contributed by atoms with van der Waals surface area (Å²) < 4.78 is 33.0. The van der Waals surface area contributed by atoms with E-state index < -0.39 is 5.92 Å². The number of pyridine rings is 1. The number of halogens is 2. The smallest absolute Gasteiger partial charge is 0.270 e. The summed E-state index contributed by atoms with van der Waals surface area (Å²) in [6.45, 7) is 2.84. The lowest BCUT2D eigenvalue weighted by molar-refractivity contribution is 0.0174. The quantitative estimate of drug-likeness (QED) is 0.385. The average molecular weight is 428 g/mol. The number of hydrogen-bond donors (Lipinski definition) is 1. The third kappa shape index (κ3) is 3.71. The Kier molecular flexibility index (Phi) is 4.71. The Hall–Kier alpha value is -4.05. The molecule has 0 atom stereocenters. The summed E-state index contributed by atoms with van der Waals surface area (Å²) in [6.07, 6.45) is 3.80. The normalized spacial score (nSPS) is 11.6. The van der Waals surface area contributed by atoms with Gasteiger partial charge in [-0.25, -0.2) is 13.8 Å². The molecule has 3 heterocycles. The number of rotatable bonds is 3.